The van der Waals surface area contributed by atoms with Crippen molar-refractivity contribution in [2.75, 3.05) is 9.44 Å². The van der Waals surface area contributed by atoms with Gasteiger partial charge in [-0.2, -0.15) is 0 Å². The zero-order valence-electron chi connectivity index (χ0n) is 15.9. The fourth-order valence-corrected chi connectivity index (χ4v) is 5.08. The van der Waals surface area contributed by atoms with Gasteiger partial charge in [0.25, 0.3) is 25.7 Å². The van der Waals surface area contributed by atoms with E-state index in [9.17, 15) is 26.9 Å². The Kier molecular flexibility index (Phi) is 6.20. The van der Waals surface area contributed by atoms with E-state index < -0.39 is 35.6 Å². The third-order valence-corrected chi connectivity index (χ3v) is 7.43. The smallest absolute Gasteiger partial charge is 0.280 e. The van der Waals surface area contributed by atoms with Gasteiger partial charge in [0.05, 0.1) is 15.5 Å². The number of hydrogen-bond donors (Lipinski definition) is 2. The Balaban J connectivity index is 1.83. The van der Waals surface area contributed by atoms with Crippen molar-refractivity contribution in [3.8, 4) is 0 Å². The number of halogens is 1. The van der Waals surface area contributed by atoms with Crippen LogP contribution in [0.2, 0.25) is 5.02 Å². The Morgan fingerprint density at radius 1 is 0.839 bits per heavy atom. The Morgan fingerprint density at radius 3 is 2.03 bits per heavy atom. The molecule has 0 saturated heterocycles. The van der Waals surface area contributed by atoms with Gasteiger partial charge in [-0.1, -0.05) is 29.8 Å². The van der Waals surface area contributed by atoms with E-state index in [1.54, 1.807) is 19.1 Å². The topological polar surface area (TPSA) is 135 Å². The van der Waals surface area contributed by atoms with Crippen LogP contribution in [0.15, 0.2) is 76.5 Å². The lowest BCUT2D eigenvalue weighted by Gasteiger charge is -2.11. The van der Waals surface area contributed by atoms with E-state index in [0.717, 1.165) is 17.7 Å². The number of rotatable bonds is 7. The Morgan fingerprint density at radius 2 is 1.42 bits per heavy atom. The molecule has 0 unspecified atom stereocenters. The molecule has 3 aromatic carbocycles. The minimum absolute atomic E-state index is 0.0375. The first-order valence-corrected chi connectivity index (χ1v) is 12.0. The zero-order chi connectivity index (χ0) is 22.8. The maximum atomic E-state index is 12.6. The van der Waals surface area contributed by atoms with Crippen molar-refractivity contribution < 1.29 is 21.8 Å². The summed E-state index contributed by atoms with van der Waals surface area (Å²) in [6, 6.07) is 14.5. The molecule has 3 aromatic rings. The molecule has 2 N–H and O–H groups in total. The van der Waals surface area contributed by atoms with E-state index in [1.807, 2.05) is 0 Å². The second-order valence-electron chi connectivity index (χ2n) is 6.42. The first-order chi connectivity index (χ1) is 14.5. The van der Waals surface area contributed by atoms with Crippen molar-refractivity contribution in [1.29, 1.82) is 0 Å². The van der Waals surface area contributed by atoms with Crippen molar-refractivity contribution in [3.63, 3.8) is 0 Å². The van der Waals surface area contributed by atoms with Crippen LogP contribution in [0.25, 0.3) is 0 Å². The van der Waals surface area contributed by atoms with Gasteiger partial charge in [-0.25, -0.2) is 16.8 Å². The summed E-state index contributed by atoms with van der Waals surface area (Å²) in [7, 11) is -8.21. The van der Waals surface area contributed by atoms with Gasteiger partial charge in [-0.15, -0.1) is 0 Å². The molecule has 0 aliphatic carbocycles. The molecule has 0 aliphatic heterocycles. The van der Waals surface area contributed by atoms with Crippen molar-refractivity contribution in [2.24, 2.45) is 0 Å². The van der Waals surface area contributed by atoms with Crippen molar-refractivity contribution in [2.45, 2.75) is 16.7 Å². The van der Waals surface area contributed by atoms with E-state index in [1.165, 1.54) is 42.5 Å². The average molecular weight is 482 g/mol. The van der Waals surface area contributed by atoms with Crippen LogP contribution in [0.4, 0.5) is 17.1 Å². The number of nitro benzene ring substituents is 1. The van der Waals surface area contributed by atoms with E-state index >= 15 is 0 Å². The molecule has 3 rings (SSSR count). The third-order valence-electron chi connectivity index (χ3n) is 4.19. The van der Waals surface area contributed by atoms with Crippen molar-refractivity contribution in [1.82, 2.24) is 0 Å². The minimum Gasteiger partial charge on any atom is -0.280 e. The van der Waals surface area contributed by atoms with Gasteiger partial charge >= 0.3 is 0 Å². The lowest BCUT2D eigenvalue weighted by atomic mass is 10.2. The van der Waals surface area contributed by atoms with Crippen LogP contribution >= 0.6 is 11.6 Å². The molecule has 0 aromatic heterocycles. The molecular weight excluding hydrogens is 466 g/mol. The van der Waals surface area contributed by atoms with Gasteiger partial charge in [0, 0.05) is 16.8 Å². The second-order valence-corrected chi connectivity index (χ2v) is 10.2. The predicted octanol–water partition coefficient (Wildman–Crippen LogP) is 4.16. The molecule has 0 fully saturated rings. The quantitative estimate of drug-likeness (QED) is 0.384. The zero-order valence-corrected chi connectivity index (χ0v) is 18.3. The first-order valence-electron chi connectivity index (χ1n) is 8.65. The van der Waals surface area contributed by atoms with Crippen LogP contribution in [0, 0.1) is 17.0 Å². The first kappa shape index (κ1) is 22.5. The Labute approximate surface area is 183 Å². The molecule has 162 valence electrons. The van der Waals surface area contributed by atoms with Gasteiger partial charge in [0.15, 0.2) is 4.90 Å². The summed E-state index contributed by atoms with van der Waals surface area (Å²) < 4.78 is 54.8. The summed E-state index contributed by atoms with van der Waals surface area (Å²) in [4.78, 5) is 9.68. The molecule has 31 heavy (non-hydrogen) atoms. The number of sulfonamides is 2. The molecule has 0 atom stereocenters. The molecular formula is C19H16ClN3O6S2. The van der Waals surface area contributed by atoms with Crippen LogP contribution < -0.4 is 9.44 Å². The fraction of sp³-hybridized carbons (Fsp3) is 0.0526. The van der Waals surface area contributed by atoms with Gasteiger partial charge in [0.2, 0.25) is 0 Å². The average Bonchev–Trinajstić information content (AvgIpc) is 2.70. The molecule has 9 nitrogen and oxygen atoms in total. The van der Waals surface area contributed by atoms with Gasteiger partial charge < -0.3 is 0 Å². The molecule has 0 heterocycles. The van der Waals surface area contributed by atoms with Crippen LogP contribution in [-0.2, 0) is 20.0 Å². The van der Waals surface area contributed by atoms with Crippen molar-refractivity contribution in [3.05, 3.63) is 87.4 Å². The number of anilines is 2. The summed E-state index contributed by atoms with van der Waals surface area (Å²) in [5, 5.41) is 11.5. The van der Waals surface area contributed by atoms with Crippen LogP contribution in [0.1, 0.15) is 5.56 Å². The minimum atomic E-state index is -4.27. The summed E-state index contributed by atoms with van der Waals surface area (Å²) in [5.74, 6) is 0. The maximum absolute atomic E-state index is 12.6. The number of benzene rings is 3. The Bertz CT molecular complexity index is 1360. The Hall–Kier alpha value is -3.15. The standard InChI is InChI=1S/C19H16ClN3O6S2/c1-13-6-7-15(12-17(13)20)22-30(26,27)16-10-8-14(9-11-16)21-31(28,29)19-5-3-2-4-18(19)23(24)25/h2-12,21-22H,1H3. The van der Waals surface area contributed by atoms with Gasteiger partial charge in [0.1, 0.15) is 0 Å². The molecule has 12 heteroatoms. The fourth-order valence-electron chi connectivity index (χ4n) is 2.62. The van der Waals surface area contributed by atoms with Crippen molar-refractivity contribution >= 4 is 48.7 Å². The summed E-state index contributed by atoms with van der Waals surface area (Å²) in [5.41, 5.74) is 0.530. The van der Waals surface area contributed by atoms with E-state index in [2.05, 4.69) is 9.44 Å². The highest BCUT2D eigenvalue weighted by Crippen LogP contribution is 2.26. The van der Waals surface area contributed by atoms with Crippen LogP contribution in [-0.4, -0.2) is 21.8 Å². The predicted molar refractivity (Wildman–Crippen MR) is 117 cm³/mol. The van der Waals surface area contributed by atoms with Gasteiger partial charge in [-0.05, 0) is 55.0 Å². The largest absolute Gasteiger partial charge is 0.289 e. The van der Waals surface area contributed by atoms with E-state index in [0.29, 0.717) is 5.02 Å². The highest BCUT2D eigenvalue weighted by molar-refractivity contribution is 7.93. The molecule has 0 radical (unpaired) electrons. The maximum Gasteiger partial charge on any atom is 0.289 e. The summed E-state index contributed by atoms with van der Waals surface area (Å²) >= 11 is 6.01. The monoisotopic (exact) mass is 481 g/mol. The summed E-state index contributed by atoms with van der Waals surface area (Å²) in [6.07, 6.45) is 0. The molecule has 0 aliphatic rings. The second kappa shape index (κ2) is 8.53. The SMILES string of the molecule is Cc1ccc(NS(=O)(=O)c2ccc(NS(=O)(=O)c3ccccc3[N+](=O)[O-])cc2)cc1Cl. The number of aryl methyl sites for hydroxylation is 1. The number of para-hydroxylation sites is 1. The molecule has 0 spiro atoms. The summed E-state index contributed by atoms with van der Waals surface area (Å²) in [6.45, 7) is 1.78. The number of nitrogens with zero attached hydrogens (tertiary/aromatic N) is 1. The lowest BCUT2D eigenvalue weighted by Crippen LogP contribution is -2.15. The molecule has 0 saturated carbocycles. The lowest BCUT2D eigenvalue weighted by molar-refractivity contribution is -0.387. The highest BCUT2D eigenvalue weighted by atomic mass is 35.5. The van der Waals surface area contributed by atoms with Gasteiger partial charge in [-0.3, -0.25) is 19.6 Å². The van der Waals surface area contributed by atoms with Crippen LogP contribution in [0.5, 0.6) is 0 Å². The highest BCUT2D eigenvalue weighted by Gasteiger charge is 2.25. The molecule has 0 bridgehead atoms. The number of nitro groups is 1. The van der Waals surface area contributed by atoms with Crippen LogP contribution in [0.3, 0.4) is 0 Å². The van der Waals surface area contributed by atoms with E-state index in [4.69, 9.17) is 11.6 Å². The number of hydrogen-bond acceptors (Lipinski definition) is 6. The molecule has 0 amide bonds. The third kappa shape index (κ3) is 5.13. The normalized spacial score (nSPS) is 11.7. The number of nitrogens with one attached hydrogen (secondary N) is 2. The van der Waals surface area contributed by atoms with E-state index in [-0.39, 0.29) is 16.3 Å².